The number of imidazole rings is 1. The summed E-state index contributed by atoms with van der Waals surface area (Å²) in [7, 11) is 0. The lowest BCUT2D eigenvalue weighted by Gasteiger charge is -2.31. The maximum atomic E-state index is 4.62. The van der Waals surface area contributed by atoms with Crippen LogP contribution in [0.3, 0.4) is 0 Å². The van der Waals surface area contributed by atoms with Crippen molar-refractivity contribution < 1.29 is 0 Å². The zero-order chi connectivity index (χ0) is 12.4. The highest BCUT2D eigenvalue weighted by atomic mass is 15.2. The maximum Gasteiger partial charge on any atom is 0.123 e. The normalized spacial score (nSPS) is 24.5. The summed E-state index contributed by atoms with van der Waals surface area (Å²) in [6, 6.07) is 0.419. The summed E-state index contributed by atoms with van der Waals surface area (Å²) < 4.78 is 0. The fourth-order valence-corrected chi connectivity index (χ4v) is 3.25. The number of piperazine rings is 1. The first-order valence-corrected chi connectivity index (χ1v) is 7.34. The fraction of sp³-hybridized carbons (Fsp3) is 0.786. The molecule has 1 aromatic heterocycles. The Morgan fingerprint density at radius 3 is 2.72 bits per heavy atom. The van der Waals surface area contributed by atoms with Gasteiger partial charge in [-0.2, -0.15) is 0 Å². The van der Waals surface area contributed by atoms with E-state index in [0.29, 0.717) is 6.04 Å². The van der Waals surface area contributed by atoms with Gasteiger partial charge in [0.15, 0.2) is 0 Å². The molecule has 4 heteroatoms. The summed E-state index contributed by atoms with van der Waals surface area (Å²) in [6.45, 7) is 6.71. The van der Waals surface area contributed by atoms with E-state index in [-0.39, 0.29) is 0 Å². The van der Waals surface area contributed by atoms with Crippen LogP contribution in [0.2, 0.25) is 0 Å². The molecule has 0 bridgehead atoms. The summed E-state index contributed by atoms with van der Waals surface area (Å²) >= 11 is 0. The van der Waals surface area contributed by atoms with Crippen LogP contribution in [-0.2, 0) is 0 Å². The molecule has 18 heavy (non-hydrogen) atoms. The number of hydrogen-bond acceptors (Lipinski definition) is 3. The summed E-state index contributed by atoms with van der Waals surface area (Å²) in [6.07, 6.45) is 7.51. The lowest BCUT2D eigenvalue weighted by molar-refractivity contribution is 0.179. The molecule has 100 valence electrons. The van der Waals surface area contributed by atoms with Crippen molar-refractivity contribution in [2.75, 3.05) is 26.2 Å². The minimum absolute atomic E-state index is 0.419. The summed E-state index contributed by atoms with van der Waals surface area (Å²) in [4.78, 5) is 10.7. The van der Waals surface area contributed by atoms with Gasteiger partial charge in [-0.1, -0.05) is 12.8 Å². The van der Waals surface area contributed by atoms with Gasteiger partial charge in [-0.15, -0.1) is 0 Å². The van der Waals surface area contributed by atoms with Crippen molar-refractivity contribution in [2.24, 2.45) is 0 Å². The molecule has 1 unspecified atom stereocenters. The van der Waals surface area contributed by atoms with E-state index in [2.05, 4.69) is 33.3 Å². The van der Waals surface area contributed by atoms with Crippen LogP contribution in [0.1, 0.15) is 56.1 Å². The summed E-state index contributed by atoms with van der Waals surface area (Å²) in [5, 5.41) is 3.40. The molecule has 0 spiro atoms. The Hall–Kier alpha value is -0.870. The molecule has 0 aromatic carbocycles. The molecule has 2 fully saturated rings. The van der Waals surface area contributed by atoms with Crippen molar-refractivity contribution in [3.8, 4) is 0 Å². The number of hydrogen-bond donors (Lipinski definition) is 2. The zero-order valence-corrected chi connectivity index (χ0v) is 11.3. The predicted molar refractivity (Wildman–Crippen MR) is 72.7 cm³/mol. The minimum atomic E-state index is 0.419. The van der Waals surface area contributed by atoms with Crippen LogP contribution in [0, 0.1) is 0 Å². The number of nitrogens with one attached hydrogen (secondary N) is 2. The summed E-state index contributed by atoms with van der Waals surface area (Å²) in [5.41, 5.74) is 1.37. The van der Waals surface area contributed by atoms with E-state index in [1.54, 1.807) is 0 Å². The lowest BCUT2D eigenvalue weighted by Crippen LogP contribution is -2.44. The van der Waals surface area contributed by atoms with E-state index in [1.807, 2.05) is 0 Å². The zero-order valence-electron chi connectivity index (χ0n) is 11.3. The van der Waals surface area contributed by atoms with Crippen LogP contribution in [0.15, 0.2) is 6.20 Å². The molecule has 1 saturated carbocycles. The highest BCUT2D eigenvalue weighted by Crippen LogP contribution is 2.33. The first kappa shape index (κ1) is 12.2. The Balaban J connectivity index is 1.67. The van der Waals surface area contributed by atoms with Crippen LogP contribution in [0.25, 0.3) is 0 Å². The van der Waals surface area contributed by atoms with Gasteiger partial charge in [0.25, 0.3) is 0 Å². The van der Waals surface area contributed by atoms with Crippen molar-refractivity contribution in [1.29, 1.82) is 0 Å². The van der Waals surface area contributed by atoms with Gasteiger partial charge in [-0.25, -0.2) is 4.98 Å². The average Bonchev–Trinajstić information content (AvgIpc) is 3.09. The number of aromatic amines is 1. The van der Waals surface area contributed by atoms with Crippen LogP contribution in [0.5, 0.6) is 0 Å². The van der Waals surface area contributed by atoms with Crippen LogP contribution in [0.4, 0.5) is 0 Å². The van der Waals surface area contributed by atoms with Crippen molar-refractivity contribution in [3.05, 3.63) is 17.7 Å². The van der Waals surface area contributed by atoms with Crippen LogP contribution in [-0.4, -0.2) is 41.0 Å². The molecular formula is C14H24N4. The molecule has 1 aliphatic heterocycles. The van der Waals surface area contributed by atoms with E-state index in [4.69, 9.17) is 0 Å². The van der Waals surface area contributed by atoms with Gasteiger partial charge in [0.05, 0.1) is 6.04 Å². The quantitative estimate of drug-likeness (QED) is 0.860. The lowest BCUT2D eigenvalue weighted by atomic mass is 10.1. The molecule has 1 saturated heterocycles. The van der Waals surface area contributed by atoms with E-state index in [0.717, 1.165) is 37.9 Å². The van der Waals surface area contributed by atoms with Gasteiger partial charge in [0.1, 0.15) is 5.82 Å². The second-order valence-corrected chi connectivity index (χ2v) is 5.67. The second kappa shape index (κ2) is 5.41. The Bertz CT molecular complexity index is 375. The van der Waals surface area contributed by atoms with Gasteiger partial charge in [0.2, 0.25) is 0 Å². The summed E-state index contributed by atoms with van der Waals surface area (Å²) in [5.74, 6) is 1.89. The monoisotopic (exact) mass is 248 g/mol. The number of aromatic nitrogens is 2. The third-order valence-electron chi connectivity index (χ3n) is 4.51. The molecule has 1 aliphatic carbocycles. The average molecular weight is 248 g/mol. The van der Waals surface area contributed by atoms with Crippen LogP contribution < -0.4 is 5.32 Å². The fourth-order valence-electron chi connectivity index (χ4n) is 3.25. The van der Waals surface area contributed by atoms with E-state index in [9.17, 15) is 0 Å². The third-order valence-corrected chi connectivity index (χ3v) is 4.51. The van der Waals surface area contributed by atoms with Crippen molar-refractivity contribution >= 4 is 0 Å². The molecule has 2 N–H and O–H groups in total. The smallest absolute Gasteiger partial charge is 0.123 e. The minimum Gasteiger partial charge on any atom is -0.344 e. The van der Waals surface area contributed by atoms with Crippen molar-refractivity contribution in [3.63, 3.8) is 0 Å². The molecule has 1 atom stereocenters. The van der Waals surface area contributed by atoms with Crippen molar-refractivity contribution in [1.82, 2.24) is 20.2 Å². The first-order chi connectivity index (χ1) is 8.84. The molecule has 4 nitrogen and oxygen atoms in total. The topological polar surface area (TPSA) is 44.0 Å². The van der Waals surface area contributed by atoms with E-state index >= 15 is 0 Å². The Morgan fingerprint density at radius 2 is 2.00 bits per heavy atom. The van der Waals surface area contributed by atoms with E-state index < -0.39 is 0 Å². The third kappa shape index (κ3) is 2.45. The molecule has 2 aliphatic rings. The highest BCUT2D eigenvalue weighted by molar-refractivity contribution is 5.11. The Labute approximate surface area is 109 Å². The van der Waals surface area contributed by atoms with Gasteiger partial charge in [0, 0.05) is 44.0 Å². The molecule has 0 radical (unpaired) electrons. The Kier molecular flexibility index (Phi) is 3.66. The molecular weight excluding hydrogens is 224 g/mol. The molecule has 1 aromatic rings. The largest absolute Gasteiger partial charge is 0.344 e. The van der Waals surface area contributed by atoms with Gasteiger partial charge >= 0.3 is 0 Å². The molecule has 0 amide bonds. The standard InChI is InChI=1S/C14H24N4/c1-11(18-8-6-15-7-9-18)14-16-10-13(17-14)12-4-2-3-5-12/h10-12,15H,2-9H2,1H3,(H,16,17). The Morgan fingerprint density at radius 1 is 1.28 bits per heavy atom. The van der Waals surface area contributed by atoms with E-state index in [1.165, 1.54) is 31.4 Å². The number of rotatable bonds is 3. The number of nitrogens with zero attached hydrogens (tertiary/aromatic N) is 2. The van der Waals surface area contributed by atoms with Gasteiger partial charge < -0.3 is 10.3 Å². The maximum absolute atomic E-state index is 4.62. The molecule has 3 rings (SSSR count). The number of H-pyrrole nitrogens is 1. The predicted octanol–water partition coefficient (Wildman–Crippen LogP) is 2.03. The SMILES string of the molecule is CC(c1ncc(C2CCCC2)[nH]1)N1CCNCC1. The second-order valence-electron chi connectivity index (χ2n) is 5.67. The van der Waals surface area contributed by atoms with Crippen molar-refractivity contribution in [2.45, 2.75) is 44.6 Å². The highest BCUT2D eigenvalue weighted by Gasteiger charge is 2.23. The first-order valence-electron chi connectivity index (χ1n) is 7.34. The van der Waals surface area contributed by atoms with Gasteiger partial charge in [-0.3, -0.25) is 4.90 Å². The molecule has 2 heterocycles. The van der Waals surface area contributed by atoms with Gasteiger partial charge in [-0.05, 0) is 19.8 Å². The van der Waals surface area contributed by atoms with Crippen LogP contribution >= 0.6 is 0 Å².